The summed E-state index contributed by atoms with van der Waals surface area (Å²) in [6, 6.07) is 14.3. The number of carbonyl (C=O) groups excluding carboxylic acids is 1. The molecule has 1 saturated heterocycles. The van der Waals surface area contributed by atoms with Crippen LogP contribution in [0, 0.1) is 5.92 Å². The first-order valence-corrected chi connectivity index (χ1v) is 14.8. The minimum Gasteiger partial charge on any atom is -0.494 e. The molecule has 0 unspecified atom stereocenters. The molecule has 0 saturated carbocycles. The Kier molecular flexibility index (Phi) is 10.3. The summed E-state index contributed by atoms with van der Waals surface area (Å²) in [4.78, 5) is 18.5. The maximum absolute atomic E-state index is 12.2. The van der Waals surface area contributed by atoms with Gasteiger partial charge in [0.2, 0.25) is 0 Å². The molecule has 0 atom stereocenters. The number of aromatic nitrogens is 1. The molecule has 2 aromatic carbocycles. The summed E-state index contributed by atoms with van der Waals surface area (Å²) in [7, 11) is 0. The molecule has 1 amide bonds. The van der Waals surface area contributed by atoms with Gasteiger partial charge in [-0.05, 0) is 125 Å². The first kappa shape index (κ1) is 28.7. The molecule has 0 bridgehead atoms. The number of ether oxygens (including phenoxy) is 2. The Hall–Kier alpha value is -2.35. The Balaban J connectivity index is 1.06. The number of rotatable bonds is 11. The molecule has 1 aliphatic rings. The van der Waals surface area contributed by atoms with Gasteiger partial charge in [0.1, 0.15) is 11.4 Å². The zero-order chi connectivity index (χ0) is 27.0. The second kappa shape index (κ2) is 13.6. The van der Waals surface area contributed by atoms with E-state index in [1.807, 2.05) is 56.0 Å². The monoisotopic (exact) mass is 557 g/mol. The van der Waals surface area contributed by atoms with Crippen molar-refractivity contribution >= 4 is 40.5 Å². The van der Waals surface area contributed by atoms with Crippen LogP contribution in [0.1, 0.15) is 58.4 Å². The van der Waals surface area contributed by atoms with Gasteiger partial charge in [-0.15, -0.1) is 0 Å². The molecular weight excluding hydrogens is 518 g/mol. The molecule has 3 aromatic rings. The summed E-state index contributed by atoms with van der Waals surface area (Å²) in [5, 5.41) is 1.99. The molecule has 0 radical (unpaired) electrons. The van der Waals surface area contributed by atoms with Gasteiger partial charge in [-0.2, -0.15) is 0 Å². The maximum atomic E-state index is 12.2. The zero-order valence-electron chi connectivity index (χ0n) is 22.7. The highest BCUT2D eigenvalue weighted by Gasteiger charge is 2.26. The van der Waals surface area contributed by atoms with Crippen molar-refractivity contribution in [2.75, 3.05) is 26.2 Å². The van der Waals surface area contributed by atoms with Crippen LogP contribution in [0.25, 0.3) is 10.9 Å². The number of carbonyl (C=O) groups is 1. The summed E-state index contributed by atoms with van der Waals surface area (Å²) >= 11 is 7.81. The number of aryl methyl sites for hydroxylation is 1. The Morgan fingerprint density at radius 3 is 2.63 bits per heavy atom. The predicted octanol–water partition coefficient (Wildman–Crippen LogP) is 7.86. The van der Waals surface area contributed by atoms with Crippen molar-refractivity contribution in [1.82, 2.24) is 14.6 Å². The fraction of sp³-hybridized carbons (Fsp3) is 0.500. The van der Waals surface area contributed by atoms with Crippen LogP contribution in [-0.2, 0) is 11.2 Å². The molecular formula is C30H40ClN3O3S. The molecule has 206 valence electrons. The van der Waals surface area contributed by atoms with Gasteiger partial charge in [-0.3, -0.25) is 4.72 Å². The minimum atomic E-state index is -0.437. The van der Waals surface area contributed by atoms with Gasteiger partial charge in [0.25, 0.3) is 0 Å². The van der Waals surface area contributed by atoms with Crippen LogP contribution < -0.4 is 9.46 Å². The van der Waals surface area contributed by atoms with E-state index in [-0.39, 0.29) is 6.09 Å². The third-order valence-electron chi connectivity index (χ3n) is 6.76. The molecule has 6 nitrogen and oxygen atoms in total. The lowest BCUT2D eigenvalue weighted by Crippen LogP contribution is -2.41. The van der Waals surface area contributed by atoms with E-state index in [1.54, 1.807) is 11.9 Å². The van der Waals surface area contributed by atoms with Crippen molar-refractivity contribution in [3.63, 3.8) is 0 Å². The lowest BCUT2D eigenvalue weighted by molar-refractivity contribution is 0.0179. The largest absolute Gasteiger partial charge is 0.494 e. The number of H-pyrrole nitrogens is 1. The molecule has 1 aromatic heterocycles. The predicted molar refractivity (Wildman–Crippen MR) is 157 cm³/mol. The molecule has 4 rings (SSSR count). The Morgan fingerprint density at radius 1 is 1.13 bits per heavy atom. The summed E-state index contributed by atoms with van der Waals surface area (Å²) < 4.78 is 14.9. The number of nitrogens with zero attached hydrogens (tertiary/aromatic N) is 1. The van der Waals surface area contributed by atoms with Crippen LogP contribution in [-0.4, -0.2) is 47.8 Å². The molecule has 2 heterocycles. The number of nitrogens with one attached hydrogen (secondary N) is 2. The highest BCUT2D eigenvalue weighted by molar-refractivity contribution is 7.97. The van der Waals surface area contributed by atoms with E-state index in [0.717, 1.165) is 81.1 Å². The van der Waals surface area contributed by atoms with Crippen molar-refractivity contribution in [2.24, 2.45) is 5.92 Å². The second-order valence-corrected chi connectivity index (χ2v) is 12.4. The van der Waals surface area contributed by atoms with E-state index in [0.29, 0.717) is 5.92 Å². The van der Waals surface area contributed by atoms with Gasteiger partial charge in [-0.25, -0.2) is 4.79 Å². The fourth-order valence-electron chi connectivity index (χ4n) is 4.74. The van der Waals surface area contributed by atoms with Gasteiger partial charge >= 0.3 is 6.09 Å². The summed E-state index contributed by atoms with van der Waals surface area (Å²) in [5.41, 5.74) is 2.00. The van der Waals surface area contributed by atoms with E-state index in [4.69, 9.17) is 21.1 Å². The average molecular weight is 558 g/mol. The molecule has 0 spiro atoms. The van der Waals surface area contributed by atoms with Gasteiger partial charge in [0.15, 0.2) is 0 Å². The zero-order valence-corrected chi connectivity index (χ0v) is 24.3. The number of benzene rings is 2. The third-order valence-corrected chi connectivity index (χ3v) is 7.85. The first-order chi connectivity index (χ1) is 18.3. The molecule has 2 N–H and O–H groups in total. The summed E-state index contributed by atoms with van der Waals surface area (Å²) in [6.07, 6.45) is 8.18. The van der Waals surface area contributed by atoms with Gasteiger partial charge < -0.3 is 19.4 Å². The Bertz CT molecular complexity index is 1170. The normalized spacial score (nSPS) is 14.7. The standard InChI is InChI=1S/C30H40ClN3O3S/c1-30(2,3)37-29(35)34-17-14-22(15-18-34)6-5-19-36-25-9-11-26(12-10-25)38-33-16-4-7-23-21-32-28-13-8-24(31)20-27(23)28/h8-13,20-22,32-33H,4-7,14-19H2,1-3H3. The molecule has 0 aliphatic carbocycles. The van der Waals surface area contributed by atoms with E-state index >= 15 is 0 Å². The quantitative estimate of drug-likeness (QED) is 0.185. The number of piperidine rings is 1. The highest BCUT2D eigenvalue weighted by Crippen LogP contribution is 2.25. The number of hydrogen-bond acceptors (Lipinski definition) is 5. The second-order valence-electron chi connectivity index (χ2n) is 11.0. The summed E-state index contributed by atoms with van der Waals surface area (Å²) in [5.74, 6) is 1.56. The Morgan fingerprint density at radius 2 is 1.89 bits per heavy atom. The SMILES string of the molecule is CC(C)(C)OC(=O)N1CCC(CCCOc2ccc(SNCCCc3c[nH]c4ccc(Cl)cc34)cc2)CC1. The van der Waals surface area contributed by atoms with E-state index < -0.39 is 5.60 Å². The van der Waals surface area contributed by atoms with Crippen LogP contribution >= 0.6 is 23.5 Å². The van der Waals surface area contributed by atoms with Crippen LogP contribution in [0.3, 0.4) is 0 Å². The lowest BCUT2D eigenvalue weighted by atomic mass is 9.92. The van der Waals surface area contributed by atoms with Gasteiger partial charge in [0, 0.05) is 46.7 Å². The molecule has 38 heavy (non-hydrogen) atoms. The minimum absolute atomic E-state index is 0.188. The smallest absolute Gasteiger partial charge is 0.410 e. The lowest BCUT2D eigenvalue weighted by Gasteiger charge is -2.33. The fourth-order valence-corrected chi connectivity index (χ4v) is 5.60. The number of amides is 1. The van der Waals surface area contributed by atoms with Crippen LogP contribution in [0.2, 0.25) is 5.02 Å². The molecule has 1 aliphatic heterocycles. The van der Waals surface area contributed by atoms with Crippen LogP contribution in [0.4, 0.5) is 4.79 Å². The van der Waals surface area contributed by atoms with Crippen molar-refractivity contribution in [1.29, 1.82) is 0 Å². The Labute approximate surface area is 235 Å². The average Bonchev–Trinajstić information content (AvgIpc) is 3.28. The number of hydrogen-bond donors (Lipinski definition) is 2. The van der Waals surface area contributed by atoms with Crippen molar-refractivity contribution in [2.45, 2.75) is 69.8 Å². The van der Waals surface area contributed by atoms with E-state index in [9.17, 15) is 4.79 Å². The first-order valence-electron chi connectivity index (χ1n) is 13.6. The number of halogens is 1. The highest BCUT2D eigenvalue weighted by atomic mass is 35.5. The van der Waals surface area contributed by atoms with Crippen LogP contribution in [0.5, 0.6) is 5.75 Å². The molecule has 1 fully saturated rings. The number of fused-ring (bicyclic) bond motifs is 1. The van der Waals surface area contributed by atoms with Crippen molar-refractivity contribution in [3.8, 4) is 5.75 Å². The van der Waals surface area contributed by atoms with E-state index in [1.165, 1.54) is 15.8 Å². The van der Waals surface area contributed by atoms with Gasteiger partial charge in [-0.1, -0.05) is 11.6 Å². The van der Waals surface area contributed by atoms with Gasteiger partial charge in [0.05, 0.1) is 6.61 Å². The topological polar surface area (TPSA) is 66.6 Å². The van der Waals surface area contributed by atoms with Crippen LogP contribution in [0.15, 0.2) is 53.6 Å². The molecule has 8 heteroatoms. The summed E-state index contributed by atoms with van der Waals surface area (Å²) in [6.45, 7) is 8.94. The number of likely N-dealkylation sites (tertiary alicyclic amines) is 1. The third kappa shape index (κ3) is 8.85. The number of aromatic amines is 1. The van der Waals surface area contributed by atoms with Crippen molar-refractivity contribution in [3.05, 3.63) is 59.2 Å². The maximum Gasteiger partial charge on any atom is 0.410 e. The van der Waals surface area contributed by atoms with E-state index in [2.05, 4.69) is 28.0 Å². The van der Waals surface area contributed by atoms with Crippen molar-refractivity contribution < 1.29 is 14.3 Å².